The number of carbonyl (C=O) groups is 1. The number of likely N-dealkylation sites (tertiary alicyclic amines) is 1. The third-order valence-corrected chi connectivity index (χ3v) is 5.92. The van der Waals surface area contributed by atoms with Crippen molar-refractivity contribution in [2.24, 2.45) is 5.92 Å². The zero-order valence-corrected chi connectivity index (χ0v) is 15.2. The zero-order valence-electron chi connectivity index (χ0n) is 15.2. The van der Waals surface area contributed by atoms with Crippen molar-refractivity contribution in [3.8, 4) is 0 Å². The Hall–Kier alpha value is -0.650. The van der Waals surface area contributed by atoms with E-state index < -0.39 is 0 Å². The van der Waals surface area contributed by atoms with Gasteiger partial charge in [-0.25, -0.2) is 0 Å². The molecule has 5 nitrogen and oxygen atoms in total. The molecule has 3 fully saturated rings. The van der Waals surface area contributed by atoms with Crippen LogP contribution in [0.2, 0.25) is 0 Å². The van der Waals surface area contributed by atoms with E-state index >= 15 is 0 Å². The van der Waals surface area contributed by atoms with Gasteiger partial charge in [-0.15, -0.1) is 0 Å². The second-order valence-corrected chi connectivity index (χ2v) is 7.99. The monoisotopic (exact) mass is 337 g/mol. The Balaban J connectivity index is 1.48. The minimum absolute atomic E-state index is 0.222. The Morgan fingerprint density at radius 1 is 0.958 bits per heavy atom. The number of amides is 1. The number of rotatable bonds is 6. The number of hydrogen-bond donors (Lipinski definition) is 1. The van der Waals surface area contributed by atoms with Gasteiger partial charge in [0.05, 0.1) is 6.54 Å². The van der Waals surface area contributed by atoms with Crippen molar-refractivity contribution in [2.75, 3.05) is 52.4 Å². The van der Waals surface area contributed by atoms with Gasteiger partial charge in [0.1, 0.15) is 0 Å². The summed E-state index contributed by atoms with van der Waals surface area (Å²) in [6.45, 7) is 6.78. The first-order valence-corrected chi connectivity index (χ1v) is 10.1. The predicted molar refractivity (Wildman–Crippen MR) is 95.9 cm³/mol. The minimum atomic E-state index is 0.222. The lowest BCUT2D eigenvalue weighted by atomic mass is 10.1. The van der Waals surface area contributed by atoms with Crippen molar-refractivity contribution >= 4 is 5.91 Å². The number of hydrogen-bond acceptors (Lipinski definition) is 4. The van der Waals surface area contributed by atoms with Gasteiger partial charge in [-0.2, -0.15) is 0 Å². The lowest BCUT2D eigenvalue weighted by Gasteiger charge is -2.42. The highest BCUT2D eigenvalue weighted by Crippen LogP contribution is 2.31. The van der Waals surface area contributed by atoms with Crippen LogP contribution in [-0.4, -0.2) is 84.2 Å². The maximum Gasteiger partial charge on any atom is 0.236 e. The summed E-state index contributed by atoms with van der Waals surface area (Å²) in [7, 11) is 0. The van der Waals surface area contributed by atoms with Crippen LogP contribution < -0.4 is 0 Å². The maximum atomic E-state index is 12.8. The van der Waals surface area contributed by atoms with Gasteiger partial charge in [-0.3, -0.25) is 14.6 Å². The molecule has 2 heterocycles. The van der Waals surface area contributed by atoms with E-state index in [9.17, 15) is 9.90 Å². The van der Waals surface area contributed by atoms with Gasteiger partial charge in [-0.05, 0) is 51.1 Å². The molecule has 3 rings (SSSR count). The normalized spacial score (nSPS) is 27.7. The second-order valence-electron chi connectivity index (χ2n) is 7.99. The quantitative estimate of drug-likeness (QED) is 0.799. The summed E-state index contributed by atoms with van der Waals surface area (Å²) in [6.07, 6.45) is 9.95. The van der Waals surface area contributed by atoms with Gasteiger partial charge in [0.15, 0.2) is 0 Å². The Labute approximate surface area is 147 Å². The molecule has 0 aromatic carbocycles. The van der Waals surface area contributed by atoms with Crippen molar-refractivity contribution in [1.29, 1.82) is 0 Å². The number of aliphatic hydroxyl groups is 1. The van der Waals surface area contributed by atoms with Crippen LogP contribution in [0, 0.1) is 5.92 Å². The Bertz CT molecular complexity index is 392. The van der Waals surface area contributed by atoms with Crippen LogP contribution in [0.3, 0.4) is 0 Å². The molecule has 0 aromatic heterocycles. The fraction of sp³-hybridized carbons (Fsp3) is 0.947. The van der Waals surface area contributed by atoms with Crippen molar-refractivity contribution in [2.45, 2.75) is 57.4 Å². The minimum Gasteiger partial charge on any atom is -0.396 e. The molecule has 0 aromatic rings. The largest absolute Gasteiger partial charge is 0.396 e. The first-order valence-electron chi connectivity index (χ1n) is 10.1. The molecule has 1 amide bonds. The third kappa shape index (κ3) is 5.43. The molecule has 1 atom stereocenters. The average Bonchev–Trinajstić information content (AvgIpc) is 3.35. The first kappa shape index (κ1) is 18.2. The number of nitrogens with zero attached hydrogens (tertiary/aromatic N) is 3. The molecule has 1 aliphatic carbocycles. The molecule has 0 bridgehead atoms. The molecule has 0 unspecified atom stereocenters. The van der Waals surface area contributed by atoms with Gasteiger partial charge >= 0.3 is 0 Å². The number of piperazine rings is 1. The Morgan fingerprint density at radius 3 is 2.33 bits per heavy atom. The standard InChI is InChI=1S/C19H35N3O2/c23-13-8-18-15-22(12-11-21(18)14-17-6-7-17)19(24)16-20-9-4-2-1-3-5-10-20/h17-18,23H,1-16H2/t18-/m0/s1. The van der Waals surface area contributed by atoms with Gasteiger partial charge in [0.25, 0.3) is 0 Å². The highest BCUT2D eigenvalue weighted by atomic mass is 16.3. The summed E-state index contributed by atoms with van der Waals surface area (Å²) < 4.78 is 0. The SMILES string of the molecule is O=C(CN1CCCCCCC1)N1CCN(CC2CC2)[C@@H](CCO)C1. The topological polar surface area (TPSA) is 47.0 Å². The smallest absolute Gasteiger partial charge is 0.236 e. The molecule has 5 heteroatoms. The summed E-state index contributed by atoms with van der Waals surface area (Å²) >= 11 is 0. The summed E-state index contributed by atoms with van der Waals surface area (Å²) in [6, 6.07) is 0.348. The van der Waals surface area contributed by atoms with Crippen LogP contribution in [0.4, 0.5) is 0 Å². The summed E-state index contributed by atoms with van der Waals surface area (Å²) in [5.74, 6) is 1.17. The second kappa shape index (κ2) is 9.16. The lowest BCUT2D eigenvalue weighted by molar-refractivity contribution is -0.135. The number of aliphatic hydroxyl groups excluding tert-OH is 1. The van der Waals surface area contributed by atoms with Gasteiger partial charge in [0, 0.05) is 38.8 Å². The highest BCUT2D eigenvalue weighted by molar-refractivity contribution is 5.78. The molecule has 3 aliphatic rings. The van der Waals surface area contributed by atoms with E-state index in [4.69, 9.17) is 0 Å². The van der Waals surface area contributed by atoms with Gasteiger partial charge in [0.2, 0.25) is 5.91 Å². The fourth-order valence-corrected chi connectivity index (χ4v) is 4.18. The molecule has 138 valence electrons. The summed E-state index contributed by atoms with van der Waals surface area (Å²) in [5, 5.41) is 9.39. The summed E-state index contributed by atoms with van der Waals surface area (Å²) in [5.41, 5.74) is 0. The van der Waals surface area contributed by atoms with Crippen molar-refractivity contribution in [1.82, 2.24) is 14.7 Å². The van der Waals surface area contributed by atoms with Gasteiger partial charge in [-0.1, -0.05) is 19.3 Å². The first-order chi connectivity index (χ1) is 11.8. The average molecular weight is 338 g/mol. The Kier molecular flexibility index (Phi) is 6.93. The fourth-order valence-electron chi connectivity index (χ4n) is 4.18. The van der Waals surface area contributed by atoms with E-state index in [1.165, 1.54) is 51.5 Å². The van der Waals surface area contributed by atoms with Gasteiger partial charge < -0.3 is 10.0 Å². The number of carbonyl (C=O) groups excluding carboxylic acids is 1. The zero-order chi connectivity index (χ0) is 16.8. The molecular weight excluding hydrogens is 302 g/mol. The molecule has 1 saturated carbocycles. The van der Waals surface area contributed by atoms with Crippen molar-refractivity contribution in [3.63, 3.8) is 0 Å². The van der Waals surface area contributed by atoms with E-state index in [0.29, 0.717) is 18.5 Å². The van der Waals surface area contributed by atoms with Crippen LogP contribution >= 0.6 is 0 Å². The van der Waals surface area contributed by atoms with Crippen molar-refractivity contribution in [3.05, 3.63) is 0 Å². The molecule has 1 N–H and O–H groups in total. The van der Waals surface area contributed by atoms with Crippen LogP contribution in [0.1, 0.15) is 51.4 Å². The molecule has 2 aliphatic heterocycles. The van der Waals surface area contributed by atoms with E-state index in [0.717, 1.165) is 45.1 Å². The van der Waals surface area contributed by atoms with Crippen LogP contribution in [0.5, 0.6) is 0 Å². The van der Waals surface area contributed by atoms with E-state index in [1.807, 2.05) is 0 Å². The molecule has 24 heavy (non-hydrogen) atoms. The summed E-state index contributed by atoms with van der Waals surface area (Å²) in [4.78, 5) is 19.7. The highest BCUT2D eigenvalue weighted by Gasteiger charge is 2.33. The maximum absolute atomic E-state index is 12.8. The Morgan fingerprint density at radius 2 is 1.67 bits per heavy atom. The van der Waals surface area contributed by atoms with Crippen LogP contribution in [0.25, 0.3) is 0 Å². The predicted octanol–water partition coefficient (Wildman–Crippen LogP) is 1.56. The van der Waals surface area contributed by atoms with Crippen LogP contribution in [-0.2, 0) is 4.79 Å². The van der Waals surface area contributed by atoms with Crippen LogP contribution in [0.15, 0.2) is 0 Å². The molecule has 0 spiro atoms. The van der Waals surface area contributed by atoms with E-state index in [-0.39, 0.29) is 6.61 Å². The molecule has 2 saturated heterocycles. The third-order valence-electron chi connectivity index (χ3n) is 5.92. The molecular formula is C19H35N3O2. The molecule has 0 radical (unpaired) electrons. The van der Waals surface area contributed by atoms with E-state index in [1.54, 1.807) is 0 Å². The van der Waals surface area contributed by atoms with E-state index in [2.05, 4.69) is 14.7 Å². The lowest BCUT2D eigenvalue weighted by Crippen LogP contribution is -2.56. The van der Waals surface area contributed by atoms with Crippen molar-refractivity contribution < 1.29 is 9.90 Å².